The average molecular weight is 321 g/mol. The van der Waals surface area contributed by atoms with Gasteiger partial charge < -0.3 is 9.73 Å². The maximum Gasteiger partial charge on any atom is 0.251 e. The van der Waals surface area contributed by atoms with Crippen LogP contribution in [0.1, 0.15) is 46.4 Å². The number of pyridine rings is 1. The number of hydrogen-bond donors (Lipinski definition) is 1. The molecule has 1 atom stereocenters. The summed E-state index contributed by atoms with van der Waals surface area (Å²) in [5, 5.41) is 3.15. The van der Waals surface area contributed by atoms with Crippen molar-refractivity contribution in [1.82, 2.24) is 15.3 Å². The lowest BCUT2D eigenvalue weighted by Crippen LogP contribution is -2.30. The van der Waals surface area contributed by atoms with Gasteiger partial charge in [0, 0.05) is 18.7 Å². The van der Waals surface area contributed by atoms with Gasteiger partial charge >= 0.3 is 0 Å². The van der Waals surface area contributed by atoms with Gasteiger partial charge in [-0.15, -0.1) is 0 Å². The lowest BCUT2D eigenvalue weighted by molar-refractivity contribution is 0.0930. The second-order valence-corrected chi connectivity index (χ2v) is 6.46. The summed E-state index contributed by atoms with van der Waals surface area (Å²) in [5.41, 5.74) is 4.07. The van der Waals surface area contributed by atoms with E-state index in [9.17, 15) is 4.79 Å². The van der Waals surface area contributed by atoms with Gasteiger partial charge in [-0.25, -0.2) is 4.98 Å². The van der Waals surface area contributed by atoms with E-state index in [0.29, 0.717) is 23.0 Å². The van der Waals surface area contributed by atoms with Crippen LogP contribution in [-0.2, 0) is 0 Å². The lowest BCUT2D eigenvalue weighted by atomic mass is 10.1. The Morgan fingerprint density at radius 1 is 1.25 bits per heavy atom. The minimum Gasteiger partial charge on any atom is -0.441 e. The standard InChI is InChI=1S/C19H19N3O2/c1-11-7-8-20-16(9-11)18(13-3-4-13)22-19(23)14-5-6-15-17(10-14)24-12(2)21-15/h5-10,13,18H,3-4H2,1-2H3,(H,22,23). The van der Waals surface area contributed by atoms with Gasteiger partial charge in [-0.2, -0.15) is 0 Å². The van der Waals surface area contributed by atoms with Crippen LogP contribution in [-0.4, -0.2) is 15.9 Å². The summed E-state index contributed by atoms with van der Waals surface area (Å²) in [4.78, 5) is 21.4. The predicted octanol–water partition coefficient (Wildman–Crippen LogP) is 3.72. The largest absolute Gasteiger partial charge is 0.441 e. The number of nitrogens with zero attached hydrogens (tertiary/aromatic N) is 2. The van der Waals surface area contributed by atoms with Crippen LogP contribution in [0.3, 0.4) is 0 Å². The molecule has 24 heavy (non-hydrogen) atoms. The third kappa shape index (κ3) is 2.89. The molecule has 0 bridgehead atoms. The molecule has 1 aliphatic carbocycles. The van der Waals surface area contributed by atoms with Gasteiger partial charge in [0.25, 0.3) is 5.91 Å². The van der Waals surface area contributed by atoms with Gasteiger partial charge in [0.2, 0.25) is 0 Å². The van der Waals surface area contributed by atoms with Crippen molar-refractivity contribution in [3.63, 3.8) is 0 Å². The van der Waals surface area contributed by atoms with Crippen molar-refractivity contribution in [1.29, 1.82) is 0 Å². The molecule has 1 amide bonds. The summed E-state index contributed by atoms with van der Waals surface area (Å²) in [6, 6.07) is 9.33. The highest BCUT2D eigenvalue weighted by Gasteiger charge is 2.34. The number of aromatic nitrogens is 2. The van der Waals surface area contributed by atoms with Crippen molar-refractivity contribution >= 4 is 17.0 Å². The molecule has 5 heteroatoms. The van der Waals surface area contributed by atoms with Crippen molar-refractivity contribution in [3.05, 3.63) is 59.2 Å². The van der Waals surface area contributed by atoms with Crippen LogP contribution in [0.5, 0.6) is 0 Å². The molecule has 2 aromatic heterocycles. The molecule has 122 valence electrons. The molecule has 1 aromatic carbocycles. The summed E-state index contributed by atoms with van der Waals surface area (Å²) in [7, 11) is 0. The molecule has 0 saturated heterocycles. The molecule has 0 spiro atoms. The van der Waals surface area contributed by atoms with Crippen LogP contribution < -0.4 is 5.32 Å². The molecule has 1 unspecified atom stereocenters. The Balaban J connectivity index is 1.60. The Morgan fingerprint density at radius 2 is 2.08 bits per heavy atom. The zero-order chi connectivity index (χ0) is 16.7. The van der Waals surface area contributed by atoms with Gasteiger partial charge in [-0.1, -0.05) is 0 Å². The second kappa shape index (κ2) is 5.74. The summed E-state index contributed by atoms with van der Waals surface area (Å²) < 4.78 is 5.52. The van der Waals surface area contributed by atoms with E-state index in [0.717, 1.165) is 29.6 Å². The molecule has 1 aliphatic rings. The van der Waals surface area contributed by atoms with E-state index in [-0.39, 0.29) is 11.9 Å². The zero-order valence-electron chi connectivity index (χ0n) is 13.7. The smallest absolute Gasteiger partial charge is 0.251 e. The number of fused-ring (bicyclic) bond motifs is 1. The second-order valence-electron chi connectivity index (χ2n) is 6.46. The maximum atomic E-state index is 12.7. The average Bonchev–Trinajstić information content (AvgIpc) is 3.32. The molecule has 3 aromatic rings. The topological polar surface area (TPSA) is 68.0 Å². The highest BCUT2D eigenvalue weighted by molar-refractivity contribution is 5.97. The first-order chi connectivity index (χ1) is 11.6. The van der Waals surface area contributed by atoms with Crippen molar-refractivity contribution < 1.29 is 9.21 Å². The predicted molar refractivity (Wildman–Crippen MR) is 90.7 cm³/mol. The first-order valence-corrected chi connectivity index (χ1v) is 8.21. The van der Waals surface area contributed by atoms with Crippen LogP contribution >= 0.6 is 0 Å². The van der Waals surface area contributed by atoms with Crippen LogP contribution in [0, 0.1) is 19.8 Å². The summed E-state index contributed by atoms with van der Waals surface area (Å²) in [6.45, 7) is 3.84. The van der Waals surface area contributed by atoms with Crippen molar-refractivity contribution in [2.24, 2.45) is 5.92 Å². The summed E-state index contributed by atoms with van der Waals surface area (Å²) in [5.74, 6) is 0.966. The molecule has 1 fully saturated rings. The molecule has 1 N–H and O–H groups in total. The van der Waals surface area contributed by atoms with Gasteiger partial charge in [-0.05, 0) is 61.6 Å². The normalized spacial score (nSPS) is 15.4. The molecule has 1 saturated carbocycles. The fraction of sp³-hybridized carbons (Fsp3) is 0.316. The van der Waals surface area contributed by atoms with Crippen molar-refractivity contribution in [2.45, 2.75) is 32.7 Å². The zero-order valence-corrected chi connectivity index (χ0v) is 13.7. The third-order valence-corrected chi connectivity index (χ3v) is 4.39. The molecule has 0 radical (unpaired) electrons. The molecule has 4 rings (SSSR count). The minimum absolute atomic E-state index is 0.0374. The van der Waals surface area contributed by atoms with E-state index in [1.807, 2.05) is 25.1 Å². The third-order valence-electron chi connectivity index (χ3n) is 4.39. The molecule has 2 heterocycles. The van der Waals surface area contributed by atoms with Gasteiger partial charge in [0.15, 0.2) is 11.5 Å². The van der Waals surface area contributed by atoms with Gasteiger partial charge in [0.05, 0.1) is 11.7 Å². The lowest BCUT2D eigenvalue weighted by Gasteiger charge is -2.18. The van der Waals surface area contributed by atoms with E-state index in [4.69, 9.17) is 4.42 Å². The number of benzene rings is 1. The molecule has 5 nitrogen and oxygen atoms in total. The molecular formula is C19H19N3O2. The van der Waals surface area contributed by atoms with Crippen LogP contribution in [0.15, 0.2) is 40.9 Å². The number of rotatable bonds is 4. The monoisotopic (exact) mass is 321 g/mol. The van der Waals surface area contributed by atoms with Crippen molar-refractivity contribution in [2.75, 3.05) is 0 Å². The number of aryl methyl sites for hydroxylation is 2. The molecule has 0 aliphatic heterocycles. The molecular weight excluding hydrogens is 302 g/mol. The van der Waals surface area contributed by atoms with Crippen LogP contribution in [0.4, 0.5) is 0 Å². The van der Waals surface area contributed by atoms with E-state index in [2.05, 4.69) is 15.3 Å². The minimum atomic E-state index is -0.105. The number of amides is 1. The van der Waals surface area contributed by atoms with E-state index in [1.54, 1.807) is 25.3 Å². The first kappa shape index (κ1) is 14.9. The highest BCUT2D eigenvalue weighted by atomic mass is 16.3. The number of nitrogens with one attached hydrogen (secondary N) is 1. The summed E-state index contributed by atoms with van der Waals surface area (Å²) in [6.07, 6.45) is 4.05. The highest BCUT2D eigenvalue weighted by Crippen LogP contribution is 2.40. The Hall–Kier alpha value is -2.69. The Kier molecular flexibility index (Phi) is 3.56. The number of carbonyl (C=O) groups excluding carboxylic acids is 1. The van der Waals surface area contributed by atoms with E-state index in [1.165, 1.54) is 0 Å². The van der Waals surface area contributed by atoms with Crippen LogP contribution in [0.2, 0.25) is 0 Å². The van der Waals surface area contributed by atoms with E-state index < -0.39 is 0 Å². The fourth-order valence-electron chi connectivity index (χ4n) is 3.00. The Morgan fingerprint density at radius 3 is 2.83 bits per heavy atom. The van der Waals surface area contributed by atoms with Gasteiger partial charge in [-0.3, -0.25) is 9.78 Å². The first-order valence-electron chi connectivity index (χ1n) is 8.21. The number of oxazole rings is 1. The van der Waals surface area contributed by atoms with E-state index >= 15 is 0 Å². The fourth-order valence-corrected chi connectivity index (χ4v) is 3.00. The van der Waals surface area contributed by atoms with Gasteiger partial charge in [0.1, 0.15) is 5.52 Å². The Labute approximate surface area is 140 Å². The number of hydrogen-bond acceptors (Lipinski definition) is 4. The Bertz CT molecular complexity index is 912. The van der Waals surface area contributed by atoms with Crippen LogP contribution in [0.25, 0.3) is 11.1 Å². The quantitative estimate of drug-likeness (QED) is 0.795. The summed E-state index contributed by atoms with van der Waals surface area (Å²) >= 11 is 0. The van der Waals surface area contributed by atoms with Crippen molar-refractivity contribution in [3.8, 4) is 0 Å². The maximum absolute atomic E-state index is 12.7. The SMILES string of the molecule is Cc1ccnc(C(NC(=O)c2ccc3nc(C)oc3c2)C2CC2)c1. The number of carbonyl (C=O) groups is 1.